The first kappa shape index (κ1) is 21.3. The van der Waals surface area contributed by atoms with Gasteiger partial charge >= 0.3 is 0 Å². The number of thioether (sulfide) groups is 1. The molecule has 2 aliphatic rings. The number of amides is 2. The Bertz CT molecular complexity index is 359. The minimum Gasteiger partial charge on any atom is -0.341 e. The molecule has 0 radical (unpaired) electrons. The van der Waals surface area contributed by atoms with Gasteiger partial charge in [-0.25, -0.2) is 0 Å². The van der Waals surface area contributed by atoms with Crippen LogP contribution in [0.2, 0.25) is 0 Å². The average molecular weight is 359 g/mol. The summed E-state index contributed by atoms with van der Waals surface area (Å²) in [7, 11) is 0. The maximum Gasteiger partial charge on any atom is 0.240 e. The molecule has 7 heteroatoms. The van der Waals surface area contributed by atoms with Gasteiger partial charge in [0.1, 0.15) is 0 Å². The molecule has 2 unspecified atom stereocenters. The Kier molecular flexibility index (Phi) is 9.08. The molecule has 6 nitrogen and oxygen atoms in total. The number of likely N-dealkylation sites (tertiary alicyclic amines) is 1. The Morgan fingerprint density at radius 3 is 1.67 bits per heavy atom. The number of hydrogen-bond donors (Lipinski definition) is 2. The van der Waals surface area contributed by atoms with Crippen molar-refractivity contribution in [2.45, 2.75) is 52.6 Å². The highest BCUT2D eigenvalue weighted by molar-refractivity contribution is 7.99. The molecule has 2 rings (SSSR count). The molecular formula is C17H34N4O2S. The monoisotopic (exact) mass is 358 g/mol. The zero-order valence-electron chi connectivity index (χ0n) is 15.5. The molecule has 140 valence electrons. The van der Waals surface area contributed by atoms with Gasteiger partial charge < -0.3 is 21.3 Å². The van der Waals surface area contributed by atoms with Crippen molar-refractivity contribution in [1.82, 2.24) is 9.80 Å². The molecule has 0 aromatic carbocycles. The lowest BCUT2D eigenvalue weighted by atomic mass is 10.0. The van der Waals surface area contributed by atoms with Gasteiger partial charge in [0.25, 0.3) is 0 Å². The lowest BCUT2D eigenvalue weighted by Crippen LogP contribution is -2.45. The summed E-state index contributed by atoms with van der Waals surface area (Å²) in [5, 5.41) is 0. The summed E-state index contributed by atoms with van der Waals surface area (Å²) in [6.07, 6.45) is 2.27. The summed E-state index contributed by atoms with van der Waals surface area (Å²) in [4.78, 5) is 26.9. The third-order valence-corrected chi connectivity index (χ3v) is 5.45. The van der Waals surface area contributed by atoms with Crippen LogP contribution in [0.15, 0.2) is 0 Å². The first-order valence-corrected chi connectivity index (χ1v) is 10.1. The van der Waals surface area contributed by atoms with Crippen LogP contribution in [0.1, 0.15) is 40.5 Å². The highest BCUT2D eigenvalue weighted by atomic mass is 32.2. The summed E-state index contributed by atoms with van der Waals surface area (Å²) in [5.41, 5.74) is 11.5. The van der Waals surface area contributed by atoms with Crippen LogP contribution < -0.4 is 11.5 Å². The zero-order valence-corrected chi connectivity index (χ0v) is 16.3. The fourth-order valence-electron chi connectivity index (χ4n) is 2.52. The van der Waals surface area contributed by atoms with Crippen LogP contribution in [0.4, 0.5) is 0 Å². The second-order valence-corrected chi connectivity index (χ2v) is 8.29. The Morgan fingerprint density at radius 1 is 0.833 bits per heavy atom. The van der Waals surface area contributed by atoms with E-state index in [9.17, 15) is 9.59 Å². The fraction of sp³-hybridized carbons (Fsp3) is 0.882. The predicted molar refractivity (Wildman–Crippen MR) is 100 cm³/mol. The van der Waals surface area contributed by atoms with E-state index in [-0.39, 0.29) is 35.7 Å². The van der Waals surface area contributed by atoms with Gasteiger partial charge in [-0.2, -0.15) is 0 Å². The van der Waals surface area contributed by atoms with Gasteiger partial charge in [0.2, 0.25) is 11.8 Å². The van der Waals surface area contributed by atoms with Gasteiger partial charge in [0, 0.05) is 25.4 Å². The van der Waals surface area contributed by atoms with E-state index < -0.39 is 0 Å². The summed E-state index contributed by atoms with van der Waals surface area (Å²) < 4.78 is 0. The predicted octanol–water partition coefficient (Wildman–Crippen LogP) is 1.09. The van der Waals surface area contributed by atoms with Crippen LogP contribution in [-0.2, 0) is 9.59 Å². The van der Waals surface area contributed by atoms with E-state index in [1.54, 1.807) is 11.8 Å². The summed E-state index contributed by atoms with van der Waals surface area (Å²) in [5.74, 6) is 2.59. The van der Waals surface area contributed by atoms with Crippen molar-refractivity contribution in [1.29, 1.82) is 0 Å². The smallest absolute Gasteiger partial charge is 0.240 e. The third kappa shape index (κ3) is 6.26. The van der Waals surface area contributed by atoms with Gasteiger partial charge in [-0.05, 0) is 24.7 Å². The fourth-order valence-corrected chi connectivity index (χ4v) is 3.47. The van der Waals surface area contributed by atoms with E-state index in [0.29, 0.717) is 0 Å². The van der Waals surface area contributed by atoms with Crippen molar-refractivity contribution < 1.29 is 9.59 Å². The van der Waals surface area contributed by atoms with Crippen molar-refractivity contribution >= 4 is 23.6 Å². The highest BCUT2D eigenvalue weighted by Gasteiger charge is 2.26. The molecule has 0 spiro atoms. The van der Waals surface area contributed by atoms with E-state index in [4.69, 9.17) is 11.5 Å². The lowest BCUT2D eigenvalue weighted by Gasteiger charge is -2.22. The number of carbonyl (C=O) groups is 2. The first-order chi connectivity index (χ1) is 11.3. The quantitative estimate of drug-likeness (QED) is 0.785. The van der Waals surface area contributed by atoms with E-state index in [2.05, 4.69) is 0 Å². The Labute approximate surface area is 150 Å². The molecule has 0 aromatic rings. The van der Waals surface area contributed by atoms with E-state index >= 15 is 0 Å². The molecule has 2 aliphatic heterocycles. The van der Waals surface area contributed by atoms with E-state index in [0.717, 1.165) is 44.1 Å². The molecule has 0 saturated carbocycles. The van der Waals surface area contributed by atoms with E-state index in [1.807, 2.05) is 37.5 Å². The van der Waals surface area contributed by atoms with Crippen LogP contribution >= 0.6 is 11.8 Å². The maximum absolute atomic E-state index is 11.6. The van der Waals surface area contributed by atoms with Crippen LogP contribution in [0, 0.1) is 11.8 Å². The second kappa shape index (κ2) is 10.3. The van der Waals surface area contributed by atoms with Gasteiger partial charge in [-0.15, -0.1) is 11.8 Å². The Hall–Kier alpha value is -0.790. The number of nitrogens with two attached hydrogens (primary N) is 2. The molecule has 2 atom stereocenters. The summed E-state index contributed by atoms with van der Waals surface area (Å²) in [6, 6.07) is -0.619. The van der Waals surface area contributed by atoms with Crippen LogP contribution in [-0.4, -0.2) is 65.0 Å². The van der Waals surface area contributed by atoms with Crippen LogP contribution in [0.25, 0.3) is 0 Å². The molecule has 0 aromatic heterocycles. The largest absolute Gasteiger partial charge is 0.341 e. The van der Waals surface area contributed by atoms with Crippen LogP contribution in [0.3, 0.4) is 0 Å². The maximum atomic E-state index is 11.6. The standard InChI is InChI=1S/C9H18N2O.C8H16N2OS/c1-7(2)8(10)9(12)11-5-3-4-6-11;1-6(2)7(9)8(11)10-3-4-12-5-10/h7-8H,3-6,10H2,1-2H3;6-7H,3-5,9H2,1-2H3. The minimum atomic E-state index is -0.316. The highest BCUT2D eigenvalue weighted by Crippen LogP contribution is 2.15. The number of hydrogen-bond acceptors (Lipinski definition) is 5. The molecule has 2 saturated heterocycles. The van der Waals surface area contributed by atoms with Crippen molar-refractivity contribution in [3.8, 4) is 0 Å². The van der Waals surface area contributed by atoms with Gasteiger partial charge in [0.15, 0.2) is 0 Å². The minimum absolute atomic E-state index is 0.106. The summed E-state index contributed by atoms with van der Waals surface area (Å²) in [6.45, 7) is 10.6. The second-order valence-electron chi connectivity index (χ2n) is 7.21. The van der Waals surface area contributed by atoms with Crippen molar-refractivity contribution in [2.75, 3.05) is 31.3 Å². The topological polar surface area (TPSA) is 92.7 Å². The molecular weight excluding hydrogens is 324 g/mol. The molecule has 24 heavy (non-hydrogen) atoms. The van der Waals surface area contributed by atoms with Gasteiger partial charge in [-0.1, -0.05) is 27.7 Å². The lowest BCUT2D eigenvalue weighted by molar-refractivity contribution is -0.133. The number of carbonyl (C=O) groups excluding carboxylic acids is 2. The summed E-state index contributed by atoms with van der Waals surface area (Å²) >= 11 is 1.79. The number of rotatable bonds is 4. The molecule has 4 N–H and O–H groups in total. The van der Waals surface area contributed by atoms with Crippen molar-refractivity contribution in [3.05, 3.63) is 0 Å². The average Bonchev–Trinajstić information content (AvgIpc) is 3.25. The van der Waals surface area contributed by atoms with Gasteiger partial charge in [0.05, 0.1) is 18.0 Å². The zero-order chi connectivity index (χ0) is 18.3. The third-order valence-electron chi connectivity index (χ3n) is 4.49. The normalized spacial score (nSPS) is 20.2. The van der Waals surface area contributed by atoms with Crippen molar-refractivity contribution in [2.24, 2.45) is 23.3 Å². The SMILES string of the molecule is CC(C)C(N)C(=O)N1CCCC1.CC(C)C(N)C(=O)N1CCSC1. The Balaban J connectivity index is 0.000000240. The van der Waals surface area contributed by atoms with Gasteiger partial charge in [-0.3, -0.25) is 9.59 Å². The first-order valence-electron chi connectivity index (χ1n) is 8.92. The molecule has 2 amide bonds. The Morgan fingerprint density at radius 2 is 1.29 bits per heavy atom. The molecule has 2 heterocycles. The number of nitrogens with zero attached hydrogens (tertiary/aromatic N) is 2. The molecule has 0 bridgehead atoms. The van der Waals surface area contributed by atoms with E-state index in [1.165, 1.54) is 0 Å². The van der Waals surface area contributed by atoms with Crippen molar-refractivity contribution in [3.63, 3.8) is 0 Å². The van der Waals surface area contributed by atoms with Crippen LogP contribution in [0.5, 0.6) is 0 Å². The molecule has 2 fully saturated rings. The molecule has 0 aliphatic carbocycles.